The molecule has 0 saturated heterocycles. The Labute approximate surface area is 82.3 Å². The summed E-state index contributed by atoms with van der Waals surface area (Å²) < 4.78 is 5.02. The number of hydrogen-bond acceptors (Lipinski definition) is 3. The molecule has 0 amide bonds. The SMILES string of the molecule is COc1ccc(SCC(C)=O)cc1. The summed E-state index contributed by atoms with van der Waals surface area (Å²) in [4.78, 5) is 11.8. The first-order chi connectivity index (χ1) is 6.22. The van der Waals surface area contributed by atoms with Crippen molar-refractivity contribution >= 4 is 17.5 Å². The maximum absolute atomic E-state index is 10.7. The third-order valence-corrected chi connectivity index (χ3v) is 2.66. The highest BCUT2D eigenvalue weighted by Gasteiger charge is 1.97. The zero-order valence-corrected chi connectivity index (χ0v) is 8.56. The van der Waals surface area contributed by atoms with Crippen LogP contribution < -0.4 is 4.74 Å². The van der Waals surface area contributed by atoms with E-state index in [1.54, 1.807) is 25.8 Å². The van der Waals surface area contributed by atoms with Crippen LogP contribution in [0.15, 0.2) is 29.2 Å². The molecule has 0 aliphatic heterocycles. The van der Waals surface area contributed by atoms with Crippen LogP contribution in [-0.2, 0) is 4.79 Å². The molecule has 0 bridgehead atoms. The Morgan fingerprint density at radius 3 is 2.46 bits per heavy atom. The second-order valence-corrected chi connectivity index (χ2v) is 3.71. The number of rotatable bonds is 4. The van der Waals surface area contributed by atoms with E-state index in [2.05, 4.69) is 0 Å². The molecule has 70 valence electrons. The molecule has 0 spiro atoms. The molecule has 3 heteroatoms. The predicted octanol–water partition coefficient (Wildman–Crippen LogP) is 2.38. The quantitative estimate of drug-likeness (QED) is 0.691. The van der Waals surface area contributed by atoms with Crippen molar-refractivity contribution in [3.63, 3.8) is 0 Å². The van der Waals surface area contributed by atoms with Crippen molar-refractivity contribution in [1.82, 2.24) is 0 Å². The average molecular weight is 196 g/mol. The Morgan fingerprint density at radius 2 is 2.00 bits per heavy atom. The molecule has 1 rings (SSSR count). The molecule has 0 atom stereocenters. The van der Waals surface area contributed by atoms with Crippen molar-refractivity contribution in [3.05, 3.63) is 24.3 Å². The first-order valence-corrected chi connectivity index (χ1v) is 4.97. The van der Waals surface area contributed by atoms with Crippen molar-refractivity contribution in [2.45, 2.75) is 11.8 Å². The standard InChI is InChI=1S/C10H12O2S/c1-8(11)7-13-10-5-3-9(12-2)4-6-10/h3-6H,7H2,1-2H3. The van der Waals surface area contributed by atoms with E-state index in [4.69, 9.17) is 4.74 Å². The first-order valence-electron chi connectivity index (χ1n) is 3.98. The highest BCUT2D eigenvalue weighted by Crippen LogP contribution is 2.20. The molecule has 1 aromatic carbocycles. The largest absolute Gasteiger partial charge is 0.497 e. The Morgan fingerprint density at radius 1 is 1.38 bits per heavy atom. The van der Waals surface area contributed by atoms with Crippen LogP contribution in [0.2, 0.25) is 0 Å². The minimum atomic E-state index is 0.195. The van der Waals surface area contributed by atoms with Gasteiger partial charge in [-0.05, 0) is 31.2 Å². The molecule has 13 heavy (non-hydrogen) atoms. The molecular weight excluding hydrogens is 184 g/mol. The van der Waals surface area contributed by atoms with Gasteiger partial charge in [-0.1, -0.05) is 0 Å². The maximum atomic E-state index is 10.7. The van der Waals surface area contributed by atoms with Gasteiger partial charge >= 0.3 is 0 Å². The number of hydrogen-bond donors (Lipinski definition) is 0. The lowest BCUT2D eigenvalue weighted by Crippen LogP contribution is -1.92. The molecule has 0 fully saturated rings. The third kappa shape index (κ3) is 3.51. The van der Waals surface area contributed by atoms with E-state index in [9.17, 15) is 4.79 Å². The lowest BCUT2D eigenvalue weighted by molar-refractivity contribution is -0.114. The van der Waals surface area contributed by atoms with E-state index in [1.807, 2.05) is 24.3 Å². The zero-order valence-electron chi connectivity index (χ0n) is 7.74. The summed E-state index contributed by atoms with van der Waals surface area (Å²) in [5, 5.41) is 0. The van der Waals surface area contributed by atoms with Crippen molar-refractivity contribution in [1.29, 1.82) is 0 Å². The molecule has 0 aliphatic rings. The molecular formula is C10H12O2S. The lowest BCUT2D eigenvalue weighted by atomic mass is 10.3. The van der Waals surface area contributed by atoms with Crippen molar-refractivity contribution in [3.8, 4) is 5.75 Å². The van der Waals surface area contributed by atoms with E-state index >= 15 is 0 Å². The highest BCUT2D eigenvalue weighted by atomic mass is 32.2. The van der Waals surface area contributed by atoms with Gasteiger partial charge in [-0.25, -0.2) is 0 Å². The topological polar surface area (TPSA) is 26.3 Å². The van der Waals surface area contributed by atoms with Crippen LogP contribution in [0.4, 0.5) is 0 Å². The van der Waals surface area contributed by atoms with Crippen molar-refractivity contribution < 1.29 is 9.53 Å². The normalized spacial score (nSPS) is 9.69. The number of thioether (sulfide) groups is 1. The number of benzene rings is 1. The van der Waals surface area contributed by atoms with E-state index in [1.165, 1.54) is 0 Å². The smallest absolute Gasteiger partial charge is 0.140 e. The van der Waals surface area contributed by atoms with Gasteiger partial charge in [0.25, 0.3) is 0 Å². The molecule has 0 unspecified atom stereocenters. The monoisotopic (exact) mass is 196 g/mol. The summed E-state index contributed by atoms with van der Waals surface area (Å²) in [6.07, 6.45) is 0. The fourth-order valence-electron chi connectivity index (χ4n) is 0.857. The van der Waals surface area contributed by atoms with Gasteiger partial charge in [0.15, 0.2) is 0 Å². The van der Waals surface area contributed by atoms with Gasteiger partial charge in [-0.3, -0.25) is 4.79 Å². The predicted molar refractivity (Wildman–Crippen MR) is 54.4 cm³/mol. The summed E-state index contributed by atoms with van der Waals surface area (Å²) in [5.41, 5.74) is 0. The van der Waals surface area contributed by atoms with E-state index in [-0.39, 0.29) is 5.78 Å². The van der Waals surface area contributed by atoms with Gasteiger partial charge in [-0.15, -0.1) is 11.8 Å². The van der Waals surface area contributed by atoms with Gasteiger partial charge in [0.05, 0.1) is 12.9 Å². The van der Waals surface area contributed by atoms with Crippen LogP contribution in [0.25, 0.3) is 0 Å². The second kappa shape index (κ2) is 4.92. The summed E-state index contributed by atoms with van der Waals surface area (Å²) in [6.45, 7) is 1.59. The Hall–Kier alpha value is -0.960. The summed E-state index contributed by atoms with van der Waals surface area (Å²) >= 11 is 1.54. The summed E-state index contributed by atoms with van der Waals surface area (Å²) in [5.74, 6) is 1.57. The van der Waals surface area contributed by atoms with Gasteiger partial charge in [0.1, 0.15) is 11.5 Å². The number of methoxy groups -OCH3 is 1. The Bertz CT molecular complexity index is 279. The molecule has 0 radical (unpaired) electrons. The van der Waals surface area contributed by atoms with Crippen molar-refractivity contribution in [2.75, 3.05) is 12.9 Å². The highest BCUT2D eigenvalue weighted by molar-refractivity contribution is 8.00. The molecule has 0 aromatic heterocycles. The number of carbonyl (C=O) groups excluding carboxylic acids is 1. The van der Waals surface area contributed by atoms with Crippen molar-refractivity contribution in [2.24, 2.45) is 0 Å². The number of ether oxygens (including phenoxy) is 1. The minimum absolute atomic E-state index is 0.195. The molecule has 1 aromatic rings. The van der Waals surface area contributed by atoms with Gasteiger partial charge in [-0.2, -0.15) is 0 Å². The maximum Gasteiger partial charge on any atom is 0.140 e. The van der Waals surface area contributed by atoms with Gasteiger partial charge in [0, 0.05) is 4.90 Å². The van der Waals surface area contributed by atoms with Gasteiger partial charge < -0.3 is 4.74 Å². The molecule has 0 saturated carbocycles. The molecule has 0 aliphatic carbocycles. The third-order valence-electron chi connectivity index (χ3n) is 1.50. The van der Waals surface area contributed by atoms with Gasteiger partial charge in [0.2, 0.25) is 0 Å². The van der Waals surface area contributed by atoms with E-state index in [0.717, 1.165) is 10.6 Å². The van der Waals surface area contributed by atoms with E-state index in [0.29, 0.717) is 5.75 Å². The zero-order chi connectivity index (χ0) is 9.68. The number of ketones is 1. The summed E-state index contributed by atoms with van der Waals surface area (Å²) in [7, 11) is 1.64. The van der Waals surface area contributed by atoms with Crippen LogP contribution in [-0.4, -0.2) is 18.6 Å². The Balaban J connectivity index is 2.54. The fourth-order valence-corrected chi connectivity index (χ4v) is 1.56. The van der Waals surface area contributed by atoms with Crippen LogP contribution >= 0.6 is 11.8 Å². The number of carbonyl (C=O) groups is 1. The molecule has 0 heterocycles. The van der Waals surface area contributed by atoms with Crippen LogP contribution in [0.1, 0.15) is 6.92 Å². The summed E-state index contributed by atoms with van der Waals surface area (Å²) in [6, 6.07) is 7.68. The number of Topliss-reactive ketones (excluding diaryl/α,β-unsaturated/α-hetero) is 1. The molecule has 2 nitrogen and oxygen atoms in total. The first kappa shape index (κ1) is 10.1. The van der Waals surface area contributed by atoms with E-state index < -0.39 is 0 Å². The Kier molecular flexibility index (Phi) is 3.83. The lowest BCUT2D eigenvalue weighted by Gasteiger charge is -2.01. The van der Waals surface area contributed by atoms with Crippen LogP contribution in [0.5, 0.6) is 5.75 Å². The average Bonchev–Trinajstić information content (AvgIpc) is 2.15. The van der Waals surface area contributed by atoms with Crippen LogP contribution in [0, 0.1) is 0 Å². The van der Waals surface area contributed by atoms with Crippen LogP contribution in [0.3, 0.4) is 0 Å². The fraction of sp³-hybridized carbons (Fsp3) is 0.300. The molecule has 0 N–H and O–H groups in total. The second-order valence-electron chi connectivity index (χ2n) is 2.67. The minimum Gasteiger partial charge on any atom is -0.497 e.